The van der Waals surface area contributed by atoms with Crippen LogP contribution in [0.15, 0.2) is 60.2 Å². The summed E-state index contributed by atoms with van der Waals surface area (Å²) in [5, 5.41) is 7.07. The smallest absolute Gasteiger partial charge is 0.339 e. The summed E-state index contributed by atoms with van der Waals surface area (Å²) in [7, 11) is 0. The number of aromatic nitrogens is 3. The van der Waals surface area contributed by atoms with Crippen molar-refractivity contribution in [2.45, 2.75) is 19.4 Å². The molecule has 5 rings (SSSR count). The minimum atomic E-state index is -0.288. The number of esters is 1. The third kappa shape index (κ3) is 3.47. The first-order valence-corrected chi connectivity index (χ1v) is 10.5. The fourth-order valence-corrected chi connectivity index (χ4v) is 4.48. The fourth-order valence-electron chi connectivity index (χ4n) is 3.79. The van der Waals surface area contributed by atoms with E-state index in [1.54, 1.807) is 22.2 Å². The minimum Gasteiger partial charge on any atom is -0.460 e. The topological polar surface area (TPSA) is 57.0 Å². The van der Waals surface area contributed by atoms with Gasteiger partial charge in [0.1, 0.15) is 6.61 Å². The third-order valence-corrected chi connectivity index (χ3v) is 5.94. The zero-order valence-corrected chi connectivity index (χ0v) is 16.6. The Bertz CT molecular complexity index is 1190. The molecule has 0 fully saturated rings. The van der Waals surface area contributed by atoms with E-state index in [-0.39, 0.29) is 12.6 Å². The molecule has 1 aromatic carbocycles. The number of allylic oxidation sites excluding steroid dienone is 1. The van der Waals surface area contributed by atoms with Crippen molar-refractivity contribution in [1.29, 1.82) is 0 Å². The second-order valence-corrected chi connectivity index (χ2v) is 7.90. The number of hydrogen-bond acceptors (Lipinski definition) is 5. The Balaban J connectivity index is 1.51. The lowest BCUT2D eigenvalue weighted by atomic mass is 10.0. The molecule has 4 aromatic rings. The molecule has 1 aliphatic carbocycles. The number of benzene rings is 1. The molecular weight excluding hydrogens is 382 g/mol. The van der Waals surface area contributed by atoms with Crippen LogP contribution in [0.5, 0.6) is 0 Å². The van der Waals surface area contributed by atoms with Gasteiger partial charge in [0.25, 0.3) is 0 Å². The van der Waals surface area contributed by atoms with E-state index in [1.165, 1.54) is 10.5 Å². The van der Waals surface area contributed by atoms with Gasteiger partial charge in [0.05, 0.1) is 23.3 Å². The number of fused-ring (bicyclic) bond motifs is 2. The van der Waals surface area contributed by atoms with Gasteiger partial charge >= 0.3 is 5.97 Å². The molecule has 0 amide bonds. The minimum absolute atomic E-state index is 0.282. The van der Waals surface area contributed by atoms with Crippen molar-refractivity contribution in [1.82, 2.24) is 14.8 Å². The number of nitrogens with zero attached hydrogens (tertiary/aromatic N) is 3. The van der Waals surface area contributed by atoms with Crippen LogP contribution in [0.3, 0.4) is 0 Å². The Labute approximate surface area is 172 Å². The van der Waals surface area contributed by atoms with Gasteiger partial charge in [0.2, 0.25) is 0 Å². The number of para-hydroxylation sites is 1. The molecule has 1 aliphatic rings. The van der Waals surface area contributed by atoms with Crippen LogP contribution < -0.4 is 0 Å². The molecular formula is C23H19N3O2S. The number of rotatable bonds is 5. The summed E-state index contributed by atoms with van der Waals surface area (Å²) in [6, 6.07) is 13.8. The third-order valence-electron chi connectivity index (χ3n) is 5.12. The molecule has 144 valence electrons. The predicted molar refractivity (Wildman–Crippen MR) is 115 cm³/mol. The molecule has 0 N–H and O–H groups in total. The van der Waals surface area contributed by atoms with Crippen molar-refractivity contribution in [3.8, 4) is 0 Å². The summed E-state index contributed by atoms with van der Waals surface area (Å²) in [4.78, 5) is 19.2. The number of thiophene rings is 1. The lowest BCUT2D eigenvalue weighted by molar-refractivity contribution is 0.0489. The lowest BCUT2D eigenvalue weighted by Crippen LogP contribution is -2.14. The van der Waals surface area contributed by atoms with Crippen molar-refractivity contribution in [3.63, 3.8) is 0 Å². The molecule has 0 saturated heterocycles. The Kier molecular flexibility index (Phi) is 4.69. The van der Waals surface area contributed by atoms with Crippen molar-refractivity contribution >= 4 is 39.9 Å². The van der Waals surface area contributed by atoms with Crippen LogP contribution in [-0.2, 0) is 17.7 Å². The summed E-state index contributed by atoms with van der Waals surface area (Å²) in [6.07, 6.45) is 7.44. The largest absolute Gasteiger partial charge is 0.460 e. The molecule has 3 heterocycles. The van der Waals surface area contributed by atoms with Gasteiger partial charge in [-0.3, -0.25) is 4.68 Å². The zero-order valence-electron chi connectivity index (χ0n) is 15.7. The molecule has 0 bridgehead atoms. The summed E-state index contributed by atoms with van der Waals surface area (Å²) in [5.41, 5.74) is 4.58. The second-order valence-electron chi connectivity index (χ2n) is 6.92. The maximum atomic E-state index is 13.1. The molecule has 0 atom stereocenters. The molecule has 29 heavy (non-hydrogen) atoms. The first kappa shape index (κ1) is 17.8. The molecule has 6 heteroatoms. The molecule has 0 radical (unpaired) electrons. The highest BCUT2D eigenvalue weighted by Gasteiger charge is 2.27. The summed E-state index contributed by atoms with van der Waals surface area (Å²) in [5.74, 6) is -0.288. The van der Waals surface area contributed by atoms with Crippen LogP contribution in [0, 0.1) is 0 Å². The van der Waals surface area contributed by atoms with E-state index in [2.05, 4.69) is 22.6 Å². The van der Waals surface area contributed by atoms with Crippen LogP contribution in [0.25, 0.3) is 22.6 Å². The van der Waals surface area contributed by atoms with Crippen molar-refractivity contribution in [2.24, 2.45) is 0 Å². The van der Waals surface area contributed by atoms with Gasteiger partial charge in [-0.15, -0.1) is 11.3 Å². The number of carbonyl (C=O) groups excluding carboxylic acids is 1. The Morgan fingerprint density at radius 2 is 2.10 bits per heavy atom. The maximum Gasteiger partial charge on any atom is 0.339 e. The average molecular weight is 401 g/mol. The van der Waals surface area contributed by atoms with E-state index < -0.39 is 0 Å². The van der Waals surface area contributed by atoms with E-state index in [0.29, 0.717) is 12.1 Å². The van der Waals surface area contributed by atoms with Crippen molar-refractivity contribution in [3.05, 3.63) is 81.9 Å². The lowest BCUT2D eigenvalue weighted by Gasteiger charge is -2.12. The van der Waals surface area contributed by atoms with E-state index in [9.17, 15) is 4.79 Å². The van der Waals surface area contributed by atoms with Gasteiger partial charge in [0, 0.05) is 22.7 Å². The molecule has 0 saturated carbocycles. The summed E-state index contributed by atoms with van der Waals surface area (Å²) >= 11 is 1.70. The quantitative estimate of drug-likeness (QED) is 0.449. The summed E-state index contributed by atoms with van der Waals surface area (Å²) in [6.45, 7) is 0.817. The standard InChI is InChI=1S/C23H19N3O2S/c27-23(28-13-12-26-11-4-10-24-26)21-18-6-1-2-7-20(18)25-22-16(8-9-19(21)22)15-17-5-3-14-29-17/h1-7,10-11,14-15H,8-9,12-13H2/b16-15-. The van der Waals surface area contributed by atoms with Gasteiger partial charge in [-0.05, 0) is 53.6 Å². The number of carbonyl (C=O) groups is 1. The number of hydrogen-bond donors (Lipinski definition) is 0. The molecule has 0 aliphatic heterocycles. The summed E-state index contributed by atoms with van der Waals surface area (Å²) < 4.78 is 7.39. The van der Waals surface area contributed by atoms with E-state index >= 15 is 0 Å². The van der Waals surface area contributed by atoms with Crippen LogP contribution in [0.4, 0.5) is 0 Å². The van der Waals surface area contributed by atoms with Gasteiger partial charge in [-0.2, -0.15) is 5.10 Å². The number of pyridine rings is 1. The molecule has 0 spiro atoms. The highest BCUT2D eigenvalue weighted by molar-refractivity contribution is 7.10. The van der Waals surface area contributed by atoms with Crippen LogP contribution >= 0.6 is 11.3 Å². The monoisotopic (exact) mass is 401 g/mol. The van der Waals surface area contributed by atoms with E-state index in [1.807, 2.05) is 42.6 Å². The normalized spacial score (nSPS) is 14.4. The van der Waals surface area contributed by atoms with Crippen LogP contribution in [0.1, 0.15) is 32.9 Å². The fraction of sp³-hybridized carbons (Fsp3) is 0.174. The van der Waals surface area contributed by atoms with Gasteiger partial charge in [-0.1, -0.05) is 24.3 Å². The van der Waals surface area contributed by atoms with E-state index in [4.69, 9.17) is 9.72 Å². The van der Waals surface area contributed by atoms with Gasteiger partial charge < -0.3 is 4.74 Å². The predicted octanol–water partition coefficient (Wildman–Crippen LogP) is 4.84. The number of ether oxygens (including phenoxy) is 1. The first-order valence-electron chi connectivity index (χ1n) is 9.60. The SMILES string of the molecule is O=C(OCCn1cccn1)c1c2c(nc3ccccc13)/C(=C\c1cccs1)CC2. The molecule has 0 unspecified atom stereocenters. The van der Waals surface area contributed by atoms with Crippen LogP contribution in [-0.4, -0.2) is 27.3 Å². The van der Waals surface area contributed by atoms with Gasteiger partial charge in [-0.25, -0.2) is 9.78 Å². The average Bonchev–Trinajstić information content (AvgIpc) is 3.50. The van der Waals surface area contributed by atoms with Crippen molar-refractivity contribution in [2.75, 3.05) is 6.61 Å². The van der Waals surface area contributed by atoms with Gasteiger partial charge in [0.15, 0.2) is 0 Å². The van der Waals surface area contributed by atoms with Crippen molar-refractivity contribution < 1.29 is 9.53 Å². The zero-order chi connectivity index (χ0) is 19.6. The first-order chi connectivity index (χ1) is 14.3. The Morgan fingerprint density at radius 1 is 1.17 bits per heavy atom. The Hall–Kier alpha value is -3.25. The maximum absolute atomic E-state index is 13.1. The second kappa shape index (κ2) is 7.64. The Morgan fingerprint density at radius 3 is 2.93 bits per heavy atom. The molecule has 5 nitrogen and oxygen atoms in total. The van der Waals surface area contributed by atoms with Crippen LogP contribution in [0.2, 0.25) is 0 Å². The molecule has 3 aromatic heterocycles. The van der Waals surface area contributed by atoms with E-state index in [0.717, 1.165) is 35.0 Å². The highest BCUT2D eigenvalue weighted by atomic mass is 32.1. The highest BCUT2D eigenvalue weighted by Crippen LogP contribution is 2.38.